The number of nitrogens with zero attached hydrogens (tertiary/aromatic N) is 1. The van der Waals surface area contributed by atoms with Gasteiger partial charge in [-0.1, -0.05) is 0 Å². The number of methoxy groups -OCH3 is 1. The molecule has 2 atom stereocenters. The Kier molecular flexibility index (Phi) is 2.88. The predicted octanol–water partition coefficient (Wildman–Crippen LogP) is -0.184. The second-order valence-corrected chi connectivity index (χ2v) is 3.67. The van der Waals surface area contributed by atoms with Gasteiger partial charge in [-0.25, -0.2) is 4.79 Å². The SMILES string of the molecule is COCCN1C(=O)OC2CCNCC21. The van der Waals surface area contributed by atoms with E-state index in [1.54, 1.807) is 12.0 Å². The number of hydrogen-bond donors (Lipinski definition) is 1. The zero-order chi connectivity index (χ0) is 9.97. The van der Waals surface area contributed by atoms with E-state index in [2.05, 4.69) is 5.32 Å². The first kappa shape index (κ1) is 9.73. The zero-order valence-electron chi connectivity index (χ0n) is 8.36. The van der Waals surface area contributed by atoms with Crippen LogP contribution < -0.4 is 5.32 Å². The second kappa shape index (κ2) is 4.14. The van der Waals surface area contributed by atoms with Gasteiger partial charge in [-0.05, 0) is 13.0 Å². The summed E-state index contributed by atoms with van der Waals surface area (Å²) in [7, 11) is 1.64. The molecule has 2 fully saturated rings. The van der Waals surface area contributed by atoms with Gasteiger partial charge in [0.2, 0.25) is 0 Å². The third-order valence-corrected chi connectivity index (χ3v) is 2.81. The van der Waals surface area contributed by atoms with E-state index in [4.69, 9.17) is 9.47 Å². The molecule has 5 heteroatoms. The Bertz CT molecular complexity index is 222. The van der Waals surface area contributed by atoms with Crippen molar-refractivity contribution in [1.82, 2.24) is 10.2 Å². The lowest BCUT2D eigenvalue weighted by atomic mass is 10.0. The molecule has 0 saturated carbocycles. The maximum Gasteiger partial charge on any atom is 0.410 e. The summed E-state index contributed by atoms with van der Waals surface area (Å²) in [6.45, 7) is 2.96. The Morgan fingerprint density at radius 3 is 3.36 bits per heavy atom. The fourth-order valence-electron chi connectivity index (χ4n) is 2.05. The summed E-state index contributed by atoms with van der Waals surface area (Å²) < 4.78 is 10.2. The minimum Gasteiger partial charge on any atom is -0.444 e. The van der Waals surface area contributed by atoms with Crippen molar-refractivity contribution in [2.75, 3.05) is 33.4 Å². The van der Waals surface area contributed by atoms with Crippen molar-refractivity contribution in [2.45, 2.75) is 18.6 Å². The van der Waals surface area contributed by atoms with E-state index in [0.29, 0.717) is 13.2 Å². The first-order valence-electron chi connectivity index (χ1n) is 5.00. The largest absolute Gasteiger partial charge is 0.444 e. The van der Waals surface area contributed by atoms with Crippen LogP contribution in [0.5, 0.6) is 0 Å². The van der Waals surface area contributed by atoms with Gasteiger partial charge in [0.05, 0.1) is 12.6 Å². The number of rotatable bonds is 3. The monoisotopic (exact) mass is 200 g/mol. The predicted molar refractivity (Wildman–Crippen MR) is 50.1 cm³/mol. The van der Waals surface area contributed by atoms with E-state index in [-0.39, 0.29) is 18.2 Å². The molecular weight excluding hydrogens is 184 g/mol. The molecule has 0 bridgehead atoms. The number of piperidine rings is 1. The average molecular weight is 200 g/mol. The first-order valence-corrected chi connectivity index (χ1v) is 5.00. The van der Waals surface area contributed by atoms with Crippen molar-refractivity contribution < 1.29 is 14.3 Å². The number of nitrogens with one attached hydrogen (secondary N) is 1. The highest BCUT2D eigenvalue weighted by atomic mass is 16.6. The Morgan fingerprint density at radius 1 is 1.71 bits per heavy atom. The molecule has 0 radical (unpaired) electrons. The molecule has 0 spiro atoms. The van der Waals surface area contributed by atoms with Crippen molar-refractivity contribution in [2.24, 2.45) is 0 Å². The van der Waals surface area contributed by atoms with Gasteiger partial charge in [-0.3, -0.25) is 4.90 Å². The van der Waals surface area contributed by atoms with Crippen LogP contribution in [0.2, 0.25) is 0 Å². The van der Waals surface area contributed by atoms with Crippen molar-refractivity contribution >= 4 is 6.09 Å². The maximum absolute atomic E-state index is 11.5. The summed E-state index contributed by atoms with van der Waals surface area (Å²) in [6.07, 6.45) is 0.807. The van der Waals surface area contributed by atoms with Gasteiger partial charge in [-0.2, -0.15) is 0 Å². The molecule has 0 aromatic carbocycles. The third-order valence-electron chi connectivity index (χ3n) is 2.81. The lowest BCUT2D eigenvalue weighted by Crippen LogP contribution is -2.49. The van der Waals surface area contributed by atoms with E-state index in [0.717, 1.165) is 19.5 Å². The van der Waals surface area contributed by atoms with Crippen LogP contribution in [0.3, 0.4) is 0 Å². The Morgan fingerprint density at radius 2 is 2.57 bits per heavy atom. The van der Waals surface area contributed by atoms with Crippen LogP contribution in [0, 0.1) is 0 Å². The fraction of sp³-hybridized carbons (Fsp3) is 0.889. The van der Waals surface area contributed by atoms with E-state index in [9.17, 15) is 4.79 Å². The van der Waals surface area contributed by atoms with E-state index in [1.165, 1.54) is 0 Å². The molecule has 1 N–H and O–H groups in total. The van der Waals surface area contributed by atoms with E-state index >= 15 is 0 Å². The topological polar surface area (TPSA) is 50.8 Å². The molecule has 2 heterocycles. The standard InChI is InChI=1S/C9H16N2O3/c1-13-5-4-11-7-6-10-3-2-8(7)14-9(11)12/h7-8,10H,2-6H2,1H3. The van der Waals surface area contributed by atoms with Crippen LogP contribution >= 0.6 is 0 Å². The summed E-state index contributed by atoms with van der Waals surface area (Å²) >= 11 is 0. The molecule has 2 aliphatic heterocycles. The van der Waals surface area contributed by atoms with Crippen molar-refractivity contribution in [3.63, 3.8) is 0 Å². The van der Waals surface area contributed by atoms with Crippen LogP contribution in [0.4, 0.5) is 4.79 Å². The van der Waals surface area contributed by atoms with Gasteiger partial charge in [0.1, 0.15) is 6.10 Å². The minimum absolute atomic E-state index is 0.0839. The van der Waals surface area contributed by atoms with Crippen molar-refractivity contribution in [1.29, 1.82) is 0 Å². The lowest BCUT2D eigenvalue weighted by molar-refractivity contribution is 0.117. The summed E-state index contributed by atoms with van der Waals surface area (Å²) in [5, 5.41) is 3.27. The Labute approximate surface area is 83.3 Å². The number of ether oxygens (including phenoxy) is 2. The number of amides is 1. The normalized spacial score (nSPS) is 31.5. The van der Waals surface area contributed by atoms with Crippen LogP contribution in [0.15, 0.2) is 0 Å². The van der Waals surface area contributed by atoms with Crippen molar-refractivity contribution in [3.05, 3.63) is 0 Å². The highest BCUT2D eigenvalue weighted by Gasteiger charge is 2.42. The molecule has 5 nitrogen and oxygen atoms in total. The molecule has 0 aliphatic carbocycles. The molecular formula is C9H16N2O3. The average Bonchev–Trinajstić information content (AvgIpc) is 2.51. The molecule has 0 aromatic heterocycles. The zero-order valence-corrected chi connectivity index (χ0v) is 8.36. The maximum atomic E-state index is 11.5. The second-order valence-electron chi connectivity index (χ2n) is 3.67. The van der Waals surface area contributed by atoms with Crippen LogP contribution in [-0.2, 0) is 9.47 Å². The quantitative estimate of drug-likeness (QED) is 0.686. The van der Waals surface area contributed by atoms with Crippen LogP contribution in [0.25, 0.3) is 0 Å². The summed E-state index contributed by atoms with van der Waals surface area (Å²) in [4.78, 5) is 13.2. The molecule has 14 heavy (non-hydrogen) atoms. The molecule has 2 saturated heterocycles. The number of fused-ring (bicyclic) bond motifs is 1. The smallest absolute Gasteiger partial charge is 0.410 e. The highest BCUT2D eigenvalue weighted by Crippen LogP contribution is 2.23. The molecule has 2 unspecified atom stereocenters. The molecule has 2 aliphatic rings. The molecule has 0 aromatic rings. The van der Waals surface area contributed by atoms with Gasteiger partial charge in [-0.15, -0.1) is 0 Å². The van der Waals surface area contributed by atoms with Gasteiger partial charge >= 0.3 is 6.09 Å². The third kappa shape index (κ3) is 1.69. The number of hydrogen-bond acceptors (Lipinski definition) is 4. The van der Waals surface area contributed by atoms with Gasteiger partial charge in [0, 0.05) is 20.2 Å². The van der Waals surface area contributed by atoms with Crippen LogP contribution in [-0.4, -0.2) is 56.5 Å². The first-order chi connectivity index (χ1) is 6.83. The van der Waals surface area contributed by atoms with Crippen molar-refractivity contribution in [3.8, 4) is 0 Å². The molecule has 80 valence electrons. The van der Waals surface area contributed by atoms with E-state index < -0.39 is 0 Å². The van der Waals surface area contributed by atoms with Gasteiger partial charge in [0.15, 0.2) is 0 Å². The van der Waals surface area contributed by atoms with Gasteiger partial charge < -0.3 is 14.8 Å². The summed E-state index contributed by atoms with van der Waals surface area (Å²) in [5.74, 6) is 0. The number of carbonyl (C=O) groups excluding carboxylic acids is 1. The van der Waals surface area contributed by atoms with E-state index in [1.807, 2.05) is 0 Å². The van der Waals surface area contributed by atoms with Gasteiger partial charge in [0.25, 0.3) is 0 Å². The lowest BCUT2D eigenvalue weighted by Gasteiger charge is -2.28. The van der Waals surface area contributed by atoms with Crippen LogP contribution in [0.1, 0.15) is 6.42 Å². The Hall–Kier alpha value is -0.810. The fourth-order valence-corrected chi connectivity index (χ4v) is 2.05. The highest BCUT2D eigenvalue weighted by molar-refractivity contribution is 5.70. The summed E-state index contributed by atoms with van der Waals surface area (Å²) in [5.41, 5.74) is 0. The summed E-state index contributed by atoms with van der Waals surface area (Å²) in [6, 6.07) is 0.200. The Balaban J connectivity index is 1.96. The minimum atomic E-state index is -0.194. The number of carbonyl (C=O) groups is 1. The molecule has 2 rings (SSSR count). The molecule has 1 amide bonds.